The van der Waals surface area contributed by atoms with Crippen molar-refractivity contribution in [2.45, 2.75) is 44.4 Å². The number of nitrogens with two attached hydrogens (primary N) is 1. The SMILES string of the molecule is Cl.Cl.NC1CCN(CCN2CCC(O)CC2)CC1.O=C(O)c1cc2c(OCc3coc4cc(F)cc(F)c34)cccc2[nH]1. The molecular weight excluding hydrogens is 605 g/mol. The Kier molecular flexibility index (Phi) is 12.6. The minimum atomic E-state index is -1.08. The number of benzene rings is 2. The Hall–Kier alpha value is -2.93. The normalized spacial score (nSPS) is 16.7. The third-order valence-electron chi connectivity index (χ3n) is 7.83. The van der Waals surface area contributed by atoms with Crippen molar-refractivity contribution in [2.75, 3.05) is 39.3 Å². The number of nitrogens with one attached hydrogen (secondary N) is 1. The van der Waals surface area contributed by atoms with E-state index in [1.54, 1.807) is 18.2 Å². The molecular formula is C30H38Cl2F2N4O5. The first kappa shape index (κ1) is 34.6. The highest BCUT2D eigenvalue weighted by atomic mass is 35.5. The summed E-state index contributed by atoms with van der Waals surface area (Å²) in [6, 6.07) is 8.91. The molecule has 0 atom stereocenters. The number of aromatic nitrogens is 1. The van der Waals surface area contributed by atoms with Gasteiger partial charge in [0.2, 0.25) is 0 Å². The summed E-state index contributed by atoms with van der Waals surface area (Å²) in [6.07, 6.45) is 5.46. The number of rotatable bonds is 7. The second kappa shape index (κ2) is 15.7. The van der Waals surface area contributed by atoms with E-state index in [2.05, 4.69) is 14.8 Å². The number of carbonyl (C=O) groups is 1. The van der Waals surface area contributed by atoms with Gasteiger partial charge in [-0.25, -0.2) is 13.6 Å². The van der Waals surface area contributed by atoms with E-state index in [0.717, 1.165) is 70.5 Å². The van der Waals surface area contributed by atoms with Crippen molar-refractivity contribution in [3.8, 4) is 5.75 Å². The highest BCUT2D eigenvalue weighted by Crippen LogP contribution is 2.30. The van der Waals surface area contributed by atoms with Gasteiger partial charge in [-0.3, -0.25) is 0 Å². The van der Waals surface area contributed by atoms with Gasteiger partial charge >= 0.3 is 5.97 Å². The first-order valence-corrected chi connectivity index (χ1v) is 14.0. The fourth-order valence-electron chi connectivity index (χ4n) is 5.38. The molecule has 2 aliphatic rings. The highest BCUT2D eigenvalue weighted by Gasteiger charge is 2.20. The van der Waals surface area contributed by atoms with Crippen LogP contribution < -0.4 is 10.5 Å². The van der Waals surface area contributed by atoms with E-state index in [0.29, 0.717) is 28.3 Å². The summed E-state index contributed by atoms with van der Waals surface area (Å²) < 4.78 is 38.1. The van der Waals surface area contributed by atoms with Gasteiger partial charge in [0, 0.05) is 60.8 Å². The average Bonchev–Trinajstić information content (AvgIpc) is 3.58. The molecule has 2 fully saturated rings. The molecule has 2 saturated heterocycles. The Bertz CT molecular complexity index is 1460. The average molecular weight is 644 g/mol. The van der Waals surface area contributed by atoms with Crippen LogP contribution in [0.1, 0.15) is 41.7 Å². The molecule has 236 valence electrons. The van der Waals surface area contributed by atoms with E-state index in [-0.39, 0.29) is 54.2 Å². The number of hydrogen-bond acceptors (Lipinski definition) is 7. The molecule has 2 aromatic carbocycles. The molecule has 0 bridgehead atoms. The van der Waals surface area contributed by atoms with Crippen LogP contribution in [0.15, 0.2) is 47.1 Å². The zero-order valence-electron chi connectivity index (χ0n) is 23.6. The zero-order valence-corrected chi connectivity index (χ0v) is 25.3. The number of aromatic amines is 1. The summed E-state index contributed by atoms with van der Waals surface area (Å²) in [7, 11) is 0. The van der Waals surface area contributed by atoms with E-state index >= 15 is 0 Å². The Morgan fingerprint density at radius 1 is 1.02 bits per heavy atom. The lowest BCUT2D eigenvalue weighted by atomic mass is 10.1. The van der Waals surface area contributed by atoms with Crippen LogP contribution in [0.2, 0.25) is 0 Å². The number of halogens is 4. The summed E-state index contributed by atoms with van der Waals surface area (Å²) >= 11 is 0. The van der Waals surface area contributed by atoms with Crippen LogP contribution in [0.3, 0.4) is 0 Å². The van der Waals surface area contributed by atoms with E-state index in [1.807, 2.05) is 0 Å². The Morgan fingerprint density at radius 3 is 2.33 bits per heavy atom. The fourth-order valence-corrected chi connectivity index (χ4v) is 5.38. The molecule has 2 aromatic heterocycles. The summed E-state index contributed by atoms with van der Waals surface area (Å²) in [4.78, 5) is 18.9. The second-order valence-corrected chi connectivity index (χ2v) is 10.8. The maximum atomic E-state index is 14.0. The fraction of sp³-hybridized carbons (Fsp3) is 0.433. The van der Waals surface area contributed by atoms with Crippen molar-refractivity contribution >= 4 is 52.7 Å². The van der Waals surface area contributed by atoms with Gasteiger partial charge in [0.05, 0.1) is 17.8 Å². The number of carboxylic acids is 1. The quantitative estimate of drug-likeness (QED) is 0.217. The van der Waals surface area contributed by atoms with E-state index in [1.165, 1.54) is 18.9 Å². The van der Waals surface area contributed by atoms with Crippen LogP contribution in [0.4, 0.5) is 8.78 Å². The van der Waals surface area contributed by atoms with Crippen LogP contribution in [-0.2, 0) is 6.61 Å². The summed E-state index contributed by atoms with van der Waals surface area (Å²) in [5.41, 5.74) is 7.07. The van der Waals surface area contributed by atoms with Crippen molar-refractivity contribution in [3.05, 3.63) is 65.6 Å². The Morgan fingerprint density at radius 2 is 1.67 bits per heavy atom. The number of aromatic carboxylic acids is 1. The number of H-pyrrole nitrogens is 1. The minimum absolute atomic E-state index is 0. The summed E-state index contributed by atoms with van der Waals surface area (Å²) in [5.74, 6) is -2.08. The van der Waals surface area contributed by atoms with Crippen LogP contribution in [0, 0.1) is 11.6 Å². The van der Waals surface area contributed by atoms with E-state index in [9.17, 15) is 18.7 Å². The monoisotopic (exact) mass is 642 g/mol. The molecule has 9 nitrogen and oxygen atoms in total. The number of fused-ring (bicyclic) bond motifs is 2. The predicted molar refractivity (Wildman–Crippen MR) is 166 cm³/mol. The number of carboxylic acid groups (broad SMARTS) is 1. The van der Waals surface area contributed by atoms with Gasteiger partial charge in [-0.1, -0.05) is 6.07 Å². The molecule has 4 heterocycles. The van der Waals surface area contributed by atoms with Gasteiger partial charge < -0.3 is 39.9 Å². The Balaban J connectivity index is 0.000000246. The lowest BCUT2D eigenvalue weighted by Crippen LogP contribution is -2.45. The third kappa shape index (κ3) is 8.81. The Labute approximate surface area is 260 Å². The lowest BCUT2D eigenvalue weighted by Gasteiger charge is -2.34. The van der Waals surface area contributed by atoms with Crippen molar-refractivity contribution in [3.63, 3.8) is 0 Å². The second-order valence-electron chi connectivity index (χ2n) is 10.8. The van der Waals surface area contributed by atoms with Gasteiger partial charge in [0.1, 0.15) is 35.3 Å². The molecule has 0 unspecified atom stereocenters. The third-order valence-corrected chi connectivity index (χ3v) is 7.83. The topological polar surface area (TPSA) is 128 Å². The van der Waals surface area contributed by atoms with Crippen LogP contribution in [0.5, 0.6) is 5.75 Å². The first-order chi connectivity index (χ1) is 19.8. The molecule has 0 spiro atoms. The standard InChI is InChI=1S/C18H11F2NO4.C12H25N3O.2ClH/c19-10-4-12(20)17-9(8-25-16(17)5-10)7-24-15-3-1-2-13-11(15)6-14(21-13)18(22)23;13-11-1-5-14(6-2-11)9-10-15-7-3-12(16)4-8-15;;/h1-6,8,21H,7H2,(H,22,23);11-12,16H,1-10,13H2;2*1H. The van der Waals surface area contributed by atoms with Crippen molar-refractivity contribution in [2.24, 2.45) is 5.73 Å². The lowest BCUT2D eigenvalue weighted by molar-refractivity contribution is 0.0691. The number of aliphatic hydroxyl groups is 1. The van der Waals surface area contributed by atoms with Gasteiger partial charge in [0.15, 0.2) is 0 Å². The number of piperidine rings is 2. The molecule has 6 rings (SSSR count). The van der Waals surface area contributed by atoms with Crippen molar-refractivity contribution in [1.29, 1.82) is 0 Å². The molecule has 4 aromatic rings. The van der Waals surface area contributed by atoms with Crippen LogP contribution in [-0.4, -0.2) is 82.4 Å². The zero-order chi connectivity index (χ0) is 28.9. The maximum Gasteiger partial charge on any atom is 0.352 e. The first-order valence-electron chi connectivity index (χ1n) is 14.0. The molecule has 13 heteroatoms. The van der Waals surface area contributed by atoms with Gasteiger partial charge in [-0.2, -0.15) is 0 Å². The summed E-state index contributed by atoms with van der Waals surface area (Å²) in [5, 5.41) is 19.3. The van der Waals surface area contributed by atoms with Gasteiger partial charge in [0.25, 0.3) is 0 Å². The largest absolute Gasteiger partial charge is 0.488 e. The van der Waals surface area contributed by atoms with E-state index < -0.39 is 17.6 Å². The number of hydrogen-bond donors (Lipinski definition) is 4. The molecule has 2 aliphatic heterocycles. The molecule has 5 N–H and O–H groups in total. The maximum absolute atomic E-state index is 14.0. The van der Waals surface area contributed by atoms with Gasteiger partial charge in [-0.15, -0.1) is 24.8 Å². The minimum Gasteiger partial charge on any atom is -0.488 e. The predicted octanol–water partition coefficient (Wildman–Crippen LogP) is 5.18. The molecule has 0 aliphatic carbocycles. The van der Waals surface area contributed by atoms with E-state index in [4.69, 9.17) is 20.0 Å². The van der Waals surface area contributed by atoms with Crippen molar-refractivity contribution < 1.29 is 32.9 Å². The highest BCUT2D eigenvalue weighted by molar-refractivity contribution is 5.96. The number of furan rings is 1. The van der Waals surface area contributed by atoms with Gasteiger partial charge in [-0.05, 0) is 57.0 Å². The number of nitrogens with zero attached hydrogens (tertiary/aromatic N) is 2. The molecule has 0 radical (unpaired) electrons. The smallest absolute Gasteiger partial charge is 0.352 e. The van der Waals surface area contributed by atoms with Crippen LogP contribution >= 0.6 is 24.8 Å². The molecule has 0 saturated carbocycles. The number of likely N-dealkylation sites (tertiary alicyclic amines) is 2. The molecule has 0 amide bonds. The van der Waals surface area contributed by atoms with Crippen LogP contribution in [0.25, 0.3) is 21.9 Å². The number of aliphatic hydroxyl groups excluding tert-OH is 1. The van der Waals surface area contributed by atoms with Crippen molar-refractivity contribution in [1.82, 2.24) is 14.8 Å². The summed E-state index contributed by atoms with van der Waals surface area (Å²) in [6.45, 7) is 6.77. The number of ether oxygens (including phenoxy) is 1. The molecule has 43 heavy (non-hydrogen) atoms.